The van der Waals surface area contributed by atoms with Crippen LogP contribution in [0.5, 0.6) is 11.5 Å². The zero-order chi connectivity index (χ0) is 13.4. The van der Waals surface area contributed by atoms with Crippen molar-refractivity contribution in [3.05, 3.63) is 24.3 Å². The summed E-state index contributed by atoms with van der Waals surface area (Å²) in [6.45, 7) is 4.58. The van der Waals surface area contributed by atoms with E-state index in [9.17, 15) is 4.79 Å². The maximum Gasteiger partial charge on any atom is 0.332 e. The Morgan fingerprint density at radius 1 is 1.17 bits per heavy atom. The van der Waals surface area contributed by atoms with Crippen LogP contribution in [0.15, 0.2) is 24.3 Å². The second kappa shape index (κ2) is 7.55. The molecule has 1 N–H and O–H groups in total. The fourth-order valence-electron chi connectivity index (χ4n) is 1.25. The predicted octanol–water partition coefficient (Wildman–Crippen LogP) is 1.95. The van der Waals surface area contributed by atoms with Crippen molar-refractivity contribution in [2.45, 2.75) is 20.0 Å². The van der Waals surface area contributed by atoms with Crippen molar-refractivity contribution in [1.29, 1.82) is 0 Å². The lowest BCUT2D eigenvalue weighted by molar-refractivity contribution is -0.149. The van der Waals surface area contributed by atoms with Crippen LogP contribution in [-0.2, 0) is 9.53 Å². The van der Waals surface area contributed by atoms with Gasteiger partial charge in [-0.05, 0) is 38.1 Å². The highest BCUT2D eigenvalue weighted by Gasteiger charge is 2.10. The molecule has 0 heterocycles. The van der Waals surface area contributed by atoms with Crippen LogP contribution in [-0.4, -0.2) is 37.0 Å². The molecule has 0 aliphatic carbocycles. The van der Waals surface area contributed by atoms with E-state index < -0.39 is 12.1 Å². The minimum atomic E-state index is -0.976. The summed E-state index contributed by atoms with van der Waals surface area (Å²) in [4.78, 5) is 10.5. The Labute approximate surface area is 106 Å². The first-order valence-electron chi connectivity index (χ1n) is 5.83. The lowest BCUT2D eigenvalue weighted by atomic mass is 10.3. The minimum absolute atomic E-state index is 0.237. The number of carboxylic acids is 1. The van der Waals surface area contributed by atoms with Gasteiger partial charge in [0.2, 0.25) is 0 Å². The molecule has 0 aliphatic rings. The van der Waals surface area contributed by atoms with E-state index >= 15 is 0 Å². The van der Waals surface area contributed by atoms with Crippen LogP contribution in [0.2, 0.25) is 0 Å². The Hall–Kier alpha value is -1.75. The third-order valence-corrected chi connectivity index (χ3v) is 2.20. The highest BCUT2D eigenvalue weighted by Crippen LogP contribution is 2.17. The lowest BCUT2D eigenvalue weighted by Crippen LogP contribution is -2.22. The summed E-state index contributed by atoms with van der Waals surface area (Å²) < 4.78 is 15.7. The van der Waals surface area contributed by atoms with Crippen molar-refractivity contribution in [1.82, 2.24) is 0 Å². The van der Waals surface area contributed by atoms with Gasteiger partial charge in [0.15, 0.2) is 6.10 Å². The Bertz CT molecular complexity index is 360. The maximum absolute atomic E-state index is 10.5. The van der Waals surface area contributed by atoms with E-state index in [1.54, 1.807) is 12.1 Å². The van der Waals surface area contributed by atoms with Crippen molar-refractivity contribution in [2.75, 3.05) is 19.8 Å². The van der Waals surface area contributed by atoms with Gasteiger partial charge in [-0.2, -0.15) is 0 Å². The molecule has 0 fully saturated rings. The number of hydrogen-bond donors (Lipinski definition) is 1. The standard InChI is InChI=1S/C13H18O5/c1-3-16-11-4-6-12(7-5-11)18-9-8-17-10(2)13(14)15/h4-7,10H,3,8-9H2,1-2H3,(H,14,15). The van der Waals surface area contributed by atoms with E-state index in [4.69, 9.17) is 19.3 Å². The van der Waals surface area contributed by atoms with Gasteiger partial charge < -0.3 is 19.3 Å². The van der Waals surface area contributed by atoms with Crippen LogP contribution in [0.25, 0.3) is 0 Å². The highest BCUT2D eigenvalue weighted by molar-refractivity contribution is 5.71. The van der Waals surface area contributed by atoms with Crippen LogP contribution in [0.1, 0.15) is 13.8 Å². The highest BCUT2D eigenvalue weighted by atomic mass is 16.5. The maximum atomic E-state index is 10.5. The molecule has 1 aromatic rings. The smallest absolute Gasteiger partial charge is 0.332 e. The molecule has 1 unspecified atom stereocenters. The summed E-state index contributed by atoms with van der Waals surface area (Å²) >= 11 is 0. The predicted molar refractivity (Wildman–Crippen MR) is 66.2 cm³/mol. The van der Waals surface area contributed by atoms with Gasteiger partial charge in [0, 0.05) is 0 Å². The number of carbonyl (C=O) groups is 1. The molecular formula is C13H18O5. The molecule has 0 aromatic heterocycles. The normalized spacial score (nSPS) is 11.9. The molecule has 5 nitrogen and oxygen atoms in total. The summed E-state index contributed by atoms with van der Waals surface area (Å²) in [7, 11) is 0. The van der Waals surface area contributed by atoms with Crippen LogP contribution in [0.3, 0.4) is 0 Å². The molecule has 0 saturated heterocycles. The Morgan fingerprint density at radius 3 is 2.22 bits per heavy atom. The third-order valence-electron chi connectivity index (χ3n) is 2.20. The van der Waals surface area contributed by atoms with E-state index in [0.717, 1.165) is 5.75 Å². The minimum Gasteiger partial charge on any atom is -0.494 e. The van der Waals surface area contributed by atoms with Gasteiger partial charge in [0.25, 0.3) is 0 Å². The molecule has 18 heavy (non-hydrogen) atoms. The molecule has 0 spiro atoms. The fraction of sp³-hybridized carbons (Fsp3) is 0.462. The molecule has 0 amide bonds. The molecule has 100 valence electrons. The summed E-state index contributed by atoms with van der Waals surface area (Å²) in [5.74, 6) is 0.515. The van der Waals surface area contributed by atoms with Crippen LogP contribution >= 0.6 is 0 Å². The van der Waals surface area contributed by atoms with Crippen molar-refractivity contribution < 1.29 is 24.1 Å². The summed E-state index contributed by atoms with van der Waals surface area (Å²) in [5.41, 5.74) is 0. The summed E-state index contributed by atoms with van der Waals surface area (Å²) in [5, 5.41) is 8.60. The van der Waals surface area contributed by atoms with Gasteiger partial charge in [0.1, 0.15) is 18.1 Å². The first-order chi connectivity index (χ1) is 8.63. The molecule has 5 heteroatoms. The van der Waals surface area contributed by atoms with Crippen molar-refractivity contribution >= 4 is 5.97 Å². The Morgan fingerprint density at radius 2 is 1.72 bits per heavy atom. The average Bonchev–Trinajstić information content (AvgIpc) is 2.36. The summed E-state index contributed by atoms with van der Waals surface area (Å²) in [6, 6.07) is 7.23. The molecule has 0 bridgehead atoms. The van der Waals surface area contributed by atoms with E-state index in [1.165, 1.54) is 6.92 Å². The van der Waals surface area contributed by atoms with E-state index in [-0.39, 0.29) is 6.61 Å². The quantitative estimate of drug-likeness (QED) is 0.718. The van der Waals surface area contributed by atoms with Gasteiger partial charge in [-0.25, -0.2) is 4.79 Å². The third kappa shape index (κ3) is 5.05. The van der Waals surface area contributed by atoms with Gasteiger partial charge in [0.05, 0.1) is 13.2 Å². The summed E-state index contributed by atoms with van der Waals surface area (Å²) in [6.07, 6.45) is -0.811. The Balaban J connectivity index is 2.25. The number of benzene rings is 1. The van der Waals surface area contributed by atoms with E-state index in [0.29, 0.717) is 19.0 Å². The van der Waals surface area contributed by atoms with Crippen LogP contribution < -0.4 is 9.47 Å². The number of aliphatic carboxylic acids is 1. The number of hydrogen-bond acceptors (Lipinski definition) is 4. The Kier molecular flexibility index (Phi) is 6.00. The average molecular weight is 254 g/mol. The van der Waals surface area contributed by atoms with Crippen molar-refractivity contribution in [3.63, 3.8) is 0 Å². The van der Waals surface area contributed by atoms with Gasteiger partial charge >= 0.3 is 5.97 Å². The number of rotatable bonds is 8. The second-order valence-corrected chi connectivity index (χ2v) is 3.60. The van der Waals surface area contributed by atoms with Gasteiger partial charge in [-0.3, -0.25) is 0 Å². The van der Waals surface area contributed by atoms with Crippen LogP contribution in [0.4, 0.5) is 0 Å². The second-order valence-electron chi connectivity index (χ2n) is 3.60. The van der Waals surface area contributed by atoms with E-state index in [1.807, 2.05) is 19.1 Å². The first kappa shape index (κ1) is 14.3. The topological polar surface area (TPSA) is 65.0 Å². The monoisotopic (exact) mass is 254 g/mol. The fourth-order valence-corrected chi connectivity index (χ4v) is 1.25. The zero-order valence-electron chi connectivity index (χ0n) is 10.6. The molecule has 1 atom stereocenters. The molecule has 1 aromatic carbocycles. The van der Waals surface area contributed by atoms with Crippen molar-refractivity contribution in [3.8, 4) is 11.5 Å². The zero-order valence-corrected chi connectivity index (χ0v) is 10.6. The lowest BCUT2D eigenvalue weighted by Gasteiger charge is -2.10. The molecule has 0 saturated carbocycles. The number of carboxylic acid groups (broad SMARTS) is 1. The largest absolute Gasteiger partial charge is 0.494 e. The van der Waals surface area contributed by atoms with E-state index in [2.05, 4.69) is 0 Å². The van der Waals surface area contributed by atoms with Crippen molar-refractivity contribution in [2.24, 2.45) is 0 Å². The number of ether oxygens (including phenoxy) is 3. The SMILES string of the molecule is CCOc1ccc(OCCOC(C)C(=O)O)cc1. The van der Waals surface area contributed by atoms with Crippen LogP contribution in [0, 0.1) is 0 Å². The molecule has 1 rings (SSSR count). The molecular weight excluding hydrogens is 236 g/mol. The van der Waals surface area contributed by atoms with Gasteiger partial charge in [-0.1, -0.05) is 0 Å². The first-order valence-corrected chi connectivity index (χ1v) is 5.83. The van der Waals surface area contributed by atoms with Gasteiger partial charge in [-0.15, -0.1) is 0 Å². The molecule has 0 aliphatic heterocycles. The molecule has 0 radical (unpaired) electrons.